The molecule has 0 unspecified atom stereocenters. The molecule has 0 saturated carbocycles. The van der Waals surface area contributed by atoms with E-state index in [1.807, 2.05) is 0 Å². The van der Waals surface area contributed by atoms with Crippen LogP contribution in [0.3, 0.4) is 0 Å². The molecule has 16 heavy (non-hydrogen) atoms. The van der Waals surface area contributed by atoms with Crippen LogP contribution in [0.15, 0.2) is 0 Å². The van der Waals surface area contributed by atoms with Gasteiger partial charge < -0.3 is 4.74 Å². The van der Waals surface area contributed by atoms with E-state index in [9.17, 15) is 8.78 Å². The van der Waals surface area contributed by atoms with Crippen molar-refractivity contribution in [3.8, 4) is 0 Å². The van der Waals surface area contributed by atoms with Crippen LogP contribution >= 0.6 is 22.9 Å². The second-order valence-corrected chi connectivity index (χ2v) is 4.62. The van der Waals surface area contributed by atoms with Crippen molar-refractivity contribution in [1.29, 1.82) is 0 Å². The van der Waals surface area contributed by atoms with Crippen molar-refractivity contribution < 1.29 is 13.5 Å². The summed E-state index contributed by atoms with van der Waals surface area (Å²) in [4.78, 5) is 0. The van der Waals surface area contributed by atoms with Crippen molar-refractivity contribution >= 4 is 22.9 Å². The molecule has 92 valence electrons. The van der Waals surface area contributed by atoms with Gasteiger partial charge in [-0.2, -0.15) is 0 Å². The minimum absolute atomic E-state index is 0.258. The lowest BCUT2D eigenvalue weighted by Crippen LogP contribution is -2.06. The van der Waals surface area contributed by atoms with Crippen molar-refractivity contribution in [2.24, 2.45) is 0 Å². The van der Waals surface area contributed by atoms with Crippen molar-refractivity contribution in [2.45, 2.75) is 25.7 Å². The van der Waals surface area contributed by atoms with E-state index in [0.29, 0.717) is 12.3 Å². The fraction of sp³-hybridized carbons (Fsp3) is 0.778. The summed E-state index contributed by atoms with van der Waals surface area (Å²) in [5.41, 5.74) is 0. The first-order valence-electron chi connectivity index (χ1n) is 4.95. The Bertz CT molecular complexity index is 299. The fourth-order valence-electron chi connectivity index (χ4n) is 1.04. The second kappa shape index (κ2) is 7.86. The van der Waals surface area contributed by atoms with E-state index >= 15 is 0 Å². The molecule has 1 rings (SSSR count). The third-order valence-corrected chi connectivity index (χ3v) is 3.05. The molecule has 1 heterocycles. The third kappa shape index (κ3) is 5.67. The Morgan fingerprint density at radius 1 is 1.25 bits per heavy atom. The van der Waals surface area contributed by atoms with Crippen LogP contribution in [0.5, 0.6) is 0 Å². The minimum Gasteiger partial charge on any atom is -0.375 e. The Morgan fingerprint density at radius 3 is 2.56 bits per heavy atom. The number of halogens is 3. The van der Waals surface area contributed by atoms with Gasteiger partial charge in [0.25, 0.3) is 6.43 Å². The quantitative estimate of drug-likeness (QED) is 0.538. The molecule has 0 fully saturated rings. The van der Waals surface area contributed by atoms with Crippen LogP contribution in [0.2, 0.25) is 0 Å². The molecule has 0 aliphatic carbocycles. The van der Waals surface area contributed by atoms with Crippen LogP contribution in [0, 0.1) is 0 Å². The summed E-state index contributed by atoms with van der Waals surface area (Å²) in [6.45, 7) is -0.258. The van der Waals surface area contributed by atoms with Crippen LogP contribution in [0.4, 0.5) is 8.78 Å². The van der Waals surface area contributed by atoms with Gasteiger partial charge in [-0.3, -0.25) is 0 Å². The lowest BCUT2D eigenvalue weighted by atomic mass is 10.4. The summed E-state index contributed by atoms with van der Waals surface area (Å²) >= 11 is 7.04. The van der Waals surface area contributed by atoms with Crippen molar-refractivity contribution in [1.82, 2.24) is 10.2 Å². The predicted octanol–water partition coefficient (Wildman–Crippen LogP) is 2.53. The van der Waals surface area contributed by atoms with Gasteiger partial charge in [0.15, 0.2) is 0 Å². The minimum atomic E-state index is -2.41. The van der Waals surface area contributed by atoms with Crippen molar-refractivity contribution in [2.75, 3.05) is 19.1 Å². The summed E-state index contributed by atoms with van der Waals surface area (Å²) in [5.74, 6) is 0.604. The average Bonchev–Trinajstić information content (AvgIpc) is 2.69. The zero-order valence-electron chi connectivity index (χ0n) is 8.66. The van der Waals surface area contributed by atoms with Gasteiger partial charge in [-0.25, -0.2) is 8.78 Å². The first-order valence-corrected chi connectivity index (χ1v) is 6.30. The monoisotopic (exact) mass is 270 g/mol. The topological polar surface area (TPSA) is 35.0 Å². The maximum Gasteiger partial charge on any atom is 0.261 e. The normalized spacial score (nSPS) is 11.2. The molecular weight excluding hydrogens is 258 g/mol. The van der Waals surface area contributed by atoms with Crippen LogP contribution < -0.4 is 0 Å². The first kappa shape index (κ1) is 13.7. The molecule has 0 atom stereocenters. The number of alkyl halides is 3. The second-order valence-electron chi connectivity index (χ2n) is 3.10. The number of hydrogen-bond donors (Lipinski definition) is 0. The molecular formula is C9H13ClF2N2OS. The summed E-state index contributed by atoms with van der Waals surface area (Å²) in [5, 5.41) is 9.67. The number of aryl methyl sites for hydroxylation is 1. The van der Waals surface area contributed by atoms with Gasteiger partial charge in [0.05, 0.1) is 6.61 Å². The molecule has 7 heteroatoms. The maximum atomic E-state index is 11.7. The zero-order chi connectivity index (χ0) is 11.8. The third-order valence-electron chi connectivity index (χ3n) is 1.74. The molecule has 0 saturated heterocycles. The van der Waals surface area contributed by atoms with E-state index in [1.54, 1.807) is 0 Å². The molecule has 3 nitrogen and oxygen atoms in total. The molecule has 0 aliphatic heterocycles. The van der Waals surface area contributed by atoms with Gasteiger partial charge in [-0.15, -0.1) is 33.1 Å². The zero-order valence-corrected chi connectivity index (χ0v) is 10.2. The van der Waals surface area contributed by atoms with Gasteiger partial charge in [0.2, 0.25) is 0 Å². The standard InChI is InChI=1S/C9H13ClF2N2OS/c10-4-1-2-8-13-14-9(16-8)3-5-15-6-7(11)12/h7H,1-6H2. The van der Waals surface area contributed by atoms with Gasteiger partial charge in [-0.1, -0.05) is 0 Å². The molecule has 0 amide bonds. The van der Waals surface area contributed by atoms with Gasteiger partial charge in [0.1, 0.15) is 16.6 Å². The SMILES string of the molecule is FC(F)COCCc1nnc(CCCCl)s1. The smallest absolute Gasteiger partial charge is 0.261 e. The summed E-state index contributed by atoms with van der Waals surface area (Å²) in [6, 6.07) is 0. The Hall–Kier alpha value is -0.330. The lowest BCUT2D eigenvalue weighted by molar-refractivity contribution is 0.0186. The summed E-state index contributed by atoms with van der Waals surface area (Å²) in [7, 11) is 0. The van der Waals surface area contributed by atoms with Crippen molar-refractivity contribution in [3.63, 3.8) is 0 Å². The number of nitrogens with zero attached hydrogens (tertiary/aromatic N) is 2. The largest absolute Gasteiger partial charge is 0.375 e. The highest BCUT2D eigenvalue weighted by Crippen LogP contribution is 2.12. The Kier molecular flexibility index (Phi) is 6.75. The van der Waals surface area contributed by atoms with Crippen LogP contribution in [0.1, 0.15) is 16.4 Å². The van der Waals surface area contributed by atoms with Crippen LogP contribution in [0.25, 0.3) is 0 Å². The van der Waals surface area contributed by atoms with E-state index < -0.39 is 13.0 Å². The molecule has 0 spiro atoms. The first-order chi connectivity index (χ1) is 7.72. The van der Waals surface area contributed by atoms with Crippen LogP contribution in [-0.2, 0) is 17.6 Å². The summed E-state index contributed by atoms with van der Waals surface area (Å²) < 4.78 is 28.2. The van der Waals surface area contributed by atoms with E-state index in [0.717, 1.165) is 22.9 Å². The van der Waals surface area contributed by atoms with E-state index in [-0.39, 0.29) is 6.61 Å². The predicted molar refractivity (Wildman–Crippen MR) is 59.5 cm³/mol. The van der Waals surface area contributed by atoms with E-state index in [2.05, 4.69) is 10.2 Å². The van der Waals surface area contributed by atoms with Gasteiger partial charge >= 0.3 is 0 Å². The summed E-state index contributed by atoms with van der Waals surface area (Å²) in [6.07, 6.45) is -0.184. The highest BCUT2D eigenvalue weighted by molar-refractivity contribution is 7.11. The number of aromatic nitrogens is 2. The molecule has 0 N–H and O–H groups in total. The van der Waals surface area contributed by atoms with Crippen molar-refractivity contribution in [3.05, 3.63) is 10.0 Å². The van der Waals surface area contributed by atoms with E-state index in [1.165, 1.54) is 11.3 Å². The highest BCUT2D eigenvalue weighted by atomic mass is 35.5. The Balaban J connectivity index is 2.19. The van der Waals surface area contributed by atoms with Gasteiger partial charge in [0, 0.05) is 18.7 Å². The number of hydrogen-bond acceptors (Lipinski definition) is 4. The molecule has 1 aromatic heterocycles. The molecule has 0 radical (unpaired) electrons. The maximum absolute atomic E-state index is 11.7. The fourth-order valence-corrected chi connectivity index (χ4v) is 2.04. The van der Waals surface area contributed by atoms with Crippen LogP contribution in [-0.4, -0.2) is 35.7 Å². The average molecular weight is 271 g/mol. The molecule has 0 bridgehead atoms. The highest BCUT2D eigenvalue weighted by Gasteiger charge is 2.05. The lowest BCUT2D eigenvalue weighted by Gasteiger charge is -2.00. The Morgan fingerprint density at radius 2 is 1.94 bits per heavy atom. The van der Waals surface area contributed by atoms with Gasteiger partial charge in [-0.05, 0) is 6.42 Å². The number of ether oxygens (including phenoxy) is 1. The molecule has 0 aromatic carbocycles. The van der Waals surface area contributed by atoms with E-state index in [4.69, 9.17) is 16.3 Å². The number of rotatable bonds is 8. The molecule has 0 aliphatic rings. The Labute approximate surface area is 102 Å². The molecule has 1 aromatic rings.